The molecule has 4 heteroatoms. The van der Waals surface area contributed by atoms with Crippen LogP contribution in [-0.4, -0.2) is 16.5 Å². The van der Waals surface area contributed by atoms with Crippen LogP contribution in [0, 0.1) is 16.7 Å². The highest BCUT2D eigenvalue weighted by molar-refractivity contribution is 5.56. The third-order valence-electron chi connectivity index (χ3n) is 5.29. The second-order valence-electron chi connectivity index (χ2n) is 7.05. The molecule has 1 aromatic rings. The van der Waals surface area contributed by atoms with Crippen LogP contribution in [0.25, 0.3) is 0 Å². The fourth-order valence-corrected chi connectivity index (χ4v) is 3.16. The number of hydrogen-bond donors (Lipinski definition) is 2. The molecule has 1 aliphatic rings. The standard InChI is InChI=1S/C15H26N4/c1-9(2)11-12(16)18-8-19-13(11)17-7-10-14(3,4)15(10,5)6/h8-10H,7H2,1-6H3,(H3,16,17,18,19). The lowest BCUT2D eigenvalue weighted by atomic mass is 10.0. The van der Waals surface area contributed by atoms with E-state index < -0.39 is 0 Å². The molecule has 1 aromatic heterocycles. The summed E-state index contributed by atoms with van der Waals surface area (Å²) in [5.74, 6) is 2.46. The van der Waals surface area contributed by atoms with E-state index in [1.807, 2.05) is 0 Å². The van der Waals surface area contributed by atoms with Gasteiger partial charge in [0.05, 0.1) is 0 Å². The molecule has 4 nitrogen and oxygen atoms in total. The first-order chi connectivity index (χ1) is 8.69. The summed E-state index contributed by atoms with van der Waals surface area (Å²) < 4.78 is 0. The predicted octanol–water partition coefficient (Wildman–Crippen LogP) is 3.28. The lowest BCUT2D eigenvalue weighted by molar-refractivity contribution is 0.457. The van der Waals surface area contributed by atoms with Crippen LogP contribution in [0.4, 0.5) is 11.6 Å². The van der Waals surface area contributed by atoms with Gasteiger partial charge in [-0.25, -0.2) is 9.97 Å². The van der Waals surface area contributed by atoms with Crippen LogP contribution < -0.4 is 11.1 Å². The van der Waals surface area contributed by atoms with Crippen molar-refractivity contribution in [1.29, 1.82) is 0 Å². The Morgan fingerprint density at radius 3 is 2.26 bits per heavy atom. The Labute approximate surface area is 116 Å². The van der Waals surface area contributed by atoms with E-state index in [1.165, 1.54) is 6.33 Å². The summed E-state index contributed by atoms with van der Waals surface area (Å²) in [5, 5.41) is 3.48. The van der Waals surface area contributed by atoms with Crippen molar-refractivity contribution in [3.63, 3.8) is 0 Å². The Hall–Kier alpha value is -1.32. The lowest BCUT2D eigenvalue weighted by Gasteiger charge is -2.15. The average molecular weight is 262 g/mol. The van der Waals surface area contributed by atoms with Crippen LogP contribution in [0.2, 0.25) is 0 Å². The van der Waals surface area contributed by atoms with Gasteiger partial charge in [0, 0.05) is 12.1 Å². The Bertz CT molecular complexity index is 463. The molecule has 0 bridgehead atoms. The molecule has 0 saturated heterocycles. The minimum atomic E-state index is 0.323. The first-order valence-corrected chi connectivity index (χ1v) is 7.03. The zero-order chi connectivity index (χ0) is 14.4. The van der Waals surface area contributed by atoms with Crippen LogP contribution in [0.5, 0.6) is 0 Å². The number of aromatic nitrogens is 2. The molecule has 1 heterocycles. The summed E-state index contributed by atoms with van der Waals surface area (Å²) in [6, 6.07) is 0. The van der Waals surface area contributed by atoms with Gasteiger partial charge in [0.2, 0.25) is 0 Å². The number of rotatable bonds is 4. The van der Waals surface area contributed by atoms with Crippen molar-refractivity contribution < 1.29 is 0 Å². The van der Waals surface area contributed by atoms with Gasteiger partial charge >= 0.3 is 0 Å². The SMILES string of the molecule is CC(C)c1c(N)ncnc1NCC1C(C)(C)C1(C)C. The Morgan fingerprint density at radius 1 is 1.21 bits per heavy atom. The predicted molar refractivity (Wildman–Crippen MR) is 80.1 cm³/mol. The second kappa shape index (κ2) is 4.36. The average Bonchev–Trinajstić information content (AvgIpc) is 2.66. The lowest BCUT2D eigenvalue weighted by Crippen LogP contribution is -2.13. The fraction of sp³-hybridized carbons (Fsp3) is 0.733. The normalized spacial score (nSPS) is 20.6. The highest BCUT2D eigenvalue weighted by atomic mass is 15.0. The highest BCUT2D eigenvalue weighted by Crippen LogP contribution is 2.68. The van der Waals surface area contributed by atoms with Crippen molar-refractivity contribution >= 4 is 11.6 Å². The molecular formula is C15H26N4. The molecule has 1 saturated carbocycles. The number of nitrogens with two attached hydrogens (primary N) is 1. The van der Waals surface area contributed by atoms with Gasteiger partial charge in [0.25, 0.3) is 0 Å². The van der Waals surface area contributed by atoms with Gasteiger partial charge in [0.15, 0.2) is 0 Å². The maximum absolute atomic E-state index is 5.96. The van der Waals surface area contributed by atoms with Crippen LogP contribution in [0.3, 0.4) is 0 Å². The van der Waals surface area contributed by atoms with Crippen LogP contribution in [0.1, 0.15) is 53.0 Å². The monoisotopic (exact) mass is 262 g/mol. The van der Waals surface area contributed by atoms with Crippen molar-refractivity contribution in [3.8, 4) is 0 Å². The number of hydrogen-bond acceptors (Lipinski definition) is 4. The number of anilines is 2. The summed E-state index contributed by atoms with van der Waals surface area (Å²) in [5.41, 5.74) is 7.76. The molecule has 0 aromatic carbocycles. The molecule has 19 heavy (non-hydrogen) atoms. The van der Waals surface area contributed by atoms with Gasteiger partial charge in [-0.3, -0.25) is 0 Å². The molecule has 3 N–H and O–H groups in total. The summed E-state index contributed by atoms with van der Waals surface area (Å²) in [4.78, 5) is 8.44. The summed E-state index contributed by atoms with van der Waals surface area (Å²) in [7, 11) is 0. The third kappa shape index (κ3) is 2.17. The smallest absolute Gasteiger partial charge is 0.134 e. The maximum Gasteiger partial charge on any atom is 0.134 e. The minimum Gasteiger partial charge on any atom is -0.383 e. The minimum absolute atomic E-state index is 0.323. The summed E-state index contributed by atoms with van der Waals surface area (Å²) in [6.45, 7) is 14.5. The topological polar surface area (TPSA) is 63.8 Å². The van der Waals surface area contributed by atoms with Crippen LogP contribution in [-0.2, 0) is 0 Å². The Kier molecular flexibility index (Phi) is 3.23. The summed E-state index contributed by atoms with van der Waals surface area (Å²) >= 11 is 0. The van der Waals surface area contributed by atoms with Crippen LogP contribution >= 0.6 is 0 Å². The van der Waals surface area contributed by atoms with E-state index in [0.29, 0.717) is 28.5 Å². The first-order valence-electron chi connectivity index (χ1n) is 7.03. The van der Waals surface area contributed by atoms with Crippen molar-refractivity contribution in [2.75, 3.05) is 17.6 Å². The number of nitrogen functional groups attached to an aromatic ring is 1. The molecule has 0 radical (unpaired) electrons. The van der Waals surface area contributed by atoms with Crippen LogP contribution in [0.15, 0.2) is 6.33 Å². The number of nitrogens with zero attached hydrogens (tertiary/aromatic N) is 2. The molecule has 0 unspecified atom stereocenters. The molecule has 0 aliphatic heterocycles. The van der Waals surface area contributed by atoms with Gasteiger partial charge in [0.1, 0.15) is 18.0 Å². The van der Waals surface area contributed by atoms with Gasteiger partial charge in [-0.2, -0.15) is 0 Å². The van der Waals surface area contributed by atoms with Gasteiger partial charge in [-0.1, -0.05) is 41.5 Å². The zero-order valence-electron chi connectivity index (χ0n) is 12.9. The first kappa shape index (κ1) is 14.1. The quantitative estimate of drug-likeness (QED) is 0.874. The van der Waals surface area contributed by atoms with Crippen molar-refractivity contribution in [2.24, 2.45) is 16.7 Å². The molecule has 1 aliphatic carbocycles. The molecule has 0 amide bonds. The molecule has 106 valence electrons. The third-order valence-corrected chi connectivity index (χ3v) is 5.29. The van der Waals surface area contributed by atoms with Gasteiger partial charge in [-0.15, -0.1) is 0 Å². The Balaban J connectivity index is 2.12. The van der Waals surface area contributed by atoms with E-state index in [2.05, 4.69) is 56.8 Å². The molecular weight excluding hydrogens is 236 g/mol. The van der Waals surface area contributed by atoms with Crippen molar-refractivity contribution in [3.05, 3.63) is 11.9 Å². The van der Waals surface area contributed by atoms with E-state index in [4.69, 9.17) is 5.73 Å². The molecule has 0 spiro atoms. The van der Waals surface area contributed by atoms with E-state index in [0.717, 1.165) is 17.9 Å². The second-order valence-corrected chi connectivity index (χ2v) is 7.05. The van der Waals surface area contributed by atoms with Gasteiger partial charge in [-0.05, 0) is 22.7 Å². The maximum atomic E-state index is 5.96. The van der Waals surface area contributed by atoms with E-state index >= 15 is 0 Å². The highest BCUT2D eigenvalue weighted by Gasteiger charge is 2.64. The zero-order valence-corrected chi connectivity index (χ0v) is 12.9. The van der Waals surface area contributed by atoms with Crippen molar-refractivity contribution in [1.82, 2.24) is 9.97 Å². The van der Waals surface area contributed by atoms with Gasteiger partial charge < -0.3 is 11.1 Å². The molecule has 1 fully saturated rings. The van der Waals surface area contributed by atoms with E-state index in [9.17, 15) is 0 Å². The van der Waals surface area contributed by atoms with E-state index in [-0.39, 0.29) is 0 Å². The fourth-order valence-electron chi connectivity index (χ4n) is 3.16. The van der Waals surface area contributed by atoms with E-state index in [1.54, 1.807) is 0 Å². The Morgan fingerprint density at radius 2 is 1.79 bits per heavy atom. The van der Waals surface area contributed by atoms with Crippen molar-refractivity contribution in [2.45, 2.75) is 47.5 Å². The molecule has 2 rings (SSSR count). The number of nitrogens with one attached hydrogen (secondary N) is 1. The summed E-state index contributed by atoms with van der Waals surface area (Å²) in [6.07, 6.45) is 1.53. The largest absolute Gasteiger partial charge is 0.383 e. The molecule has 0 atom stereocenters.